The first-order chi connectivity index (χ1) is 9.50. The van der Waals surface area contributed by atoms with E-state index in [4.69, 9.17) is 0 Å². The fourth-order valence-electron chi connectivity index (χ4n) is 3.06. The Bertz CT molecular complexity index is 451. The topological polar surface area (TPSA) is 78.5 Å². The molecule has 20 heavy (non-hydrogen) atoms. The third kappa shape index (κ3) is 2.39. The molecule has 3 fully saturated rings. The molecule has 3 rings (SSSR count). The number of nitrogens with zero attached hydrogens (tertiary/aromatic N) is 1. The van der Waals surface area contributed by atoms with Crippen molar-refractivity contribution in [1.82, 2.24) is 15.5 Å². The third-order valence-corrected chi connectivity index (χ3v) is 4.62. The number of hydrogen-bond donors (Lipinski definition) is 2. The van der Waals surface area contributed by atoms with Gasteiger partial charge in [0.25, 0.3) is 5.91 Å². The summed E-state index contributed by atoms with van der Waals surface area (Å²) >= 11 is 0. The summed E-state index contributed by atoms with van der Waals surface area (Å²) in [7, 11) is 0. The Morgan fingerprint density at radius 3 is 2.55 bits per heavy atom. The highest BCUT2D eigenvalue weighted by Gasteiger charge is 2.52. The Balaban J connectivity index is 1.65. The minimum Gasteiger partial charge on any atom is -0.352 e. The zero-order valence-corrected chi connectivity index (χ0v) is 11.8. The van der Waals surface area contributed by atoms with Gasteiger partial charge in [0, 0.05) is 6.04 Å². The Morgan fingerprint density at radius 2 is 1.95 bits per heavy atom. The van der Waals surface area contributed by atoms with Crippen molar-refractivity contribution in [2.75, 3.05) is 6.54 Å². The number of nitrogens with one attached hydrogen (secondary N) is 2. The van der Waals surface area contributed by atoms with Gasteiger partial charge in [0.1, 0.15) is 12.1 Å². The second-order valence-electron chi connectivity index (χ2n) is 6.43. The van der Waals surface area contributed by atoms with E-state index in [1.807, 2.05) is 0 Å². The Labute approximate surface area is 118 Å². The molecule has 2 saturated carbocycles. The van der Waals surface area contributed by atoms with E-state index in [1.54, 1.807) is 0 Å². The second kappa shape index (κ2) is 4.75. The van der Waals surface area contributed by atoms with E-state index in [0.29, 0.717) is 18.8 Å². The summed E-state index contributed by atoms with van der Waals surface area (Å²) in [5.41, 5.74) is -0.747. The highest BCUT2D eigenvalue weighted by molar-refractivity contribution is 6.09. The van der Waals surface area contributed by atoms with Crippen molar-refractivity contribution in [3.05, 3.63) is 0 Å². The van der Waals surface area contributed by atoms with Gasteiger partial charge in [0.2, 0.25) is 5.91 Å². The van der Waals surface area contributed by atoms with Crippen molar-refractivity contribution in [3.63, 3.8) is 0 Å². The number of hydrogen-bond acceptors (Lipinski definition) is 3. The maximum atomic E-state index is 12.5. The summed E-state index contributed by atoms with van der Waals surface area (Å²) in [5.74, 6) is 0.134. The lowest BCUT2D eigenvalue weighted by Gasteiger charge is -2.33. The molecule has 3 aliphatic rings. The summed E-state index contributed by atoms with van der Waals surface area (Å²) in [4.78, 5) is 37.3. The molecule has 0 unspecified atom stereocenters. The van der Waals surface area contributed by atoms with Gasteiger partial charge in [-0.15, -0.1) is 0 Å². The van der Waals surface area contributed by atoms with Crippen LogP contribution in [-0.4, -0.2) is 40.9 Å². The molecule has 0 atom stereocenters. The summed E-state index contributed by atoms with van der Waals surface area (Å²) in [5, 5.41) is 5.63. The van der Waals surface area contributed by atoms with Crippen LogP contribution in [0.15, 0.2) is 0 Å². The summed E-state index contributed by atoms with van der Waals surface area (Å²) in [6.45, 7) is 2.01. The van der Waals surface area contributed by atoms with E-state index in [2.05, 4.69) is 17.6 Å². The van der Waals surface area contributed by atoms with Crippen LogP contribution in [0, 0.1) is 5.92 Å². The standard InChI is InChI=1S/C14H21N3O3/c1-9-4-6-14(7-5-9)12(19)17(13(20)16-14)8-11(18)15-10-2-3-10/h9-10H,2-8H2,1H3,(H,15,18)(H,16,20). The maximum Gasteiger partial charge on any atom is 0.325 e. The third-order valence-electron chi connectivity index (χ3n) is 4.62. The van der Waals surface area contributed by atoms with Crippen molar-refractivity contribution in [1.29, 1.82) is 0 Å². The van der Waals surface area contributed by atoms with E-state index in [0.717, 1.165) is 30.6 Å². The van der Waals surface area contributed by atoms with Crippen LogP contribution >= 0.6 is 0 Å². The van der Waals surface area contributed by atoms with Gasteiger partial charge in [-0.1, -0.05) is 6.92 Å². The molecule has 0 aromatic rings. The largest absolute Gasteiger partial charge is 0.352 e. The molecule has 1 heterocycles. The molecule has 2 aliphatic carbocycles. The van der Waals surface area contributed by atoms with Gasteiger partial charge in [-0.2, -0.15) is 0 Å². The maximum absolute atomic E-state index is 12.5. The van der Waals surface area contributed by atoms with Crippen LogP contribution in [-0.2, 0) is 9.59 Å². The zero-order valence-electron chi connectivity index (χ0n) is 11.8. The number of imide groups is 1. The number of urea groups is 1. The van der Waals surface area contributed by atoms with Crippen LogP contribution in [0.2, 0.25) is 0 Å². The molecule has 6 heteroatoms. The van der Waals surface area contributed by atoms with Crippen molar-refractivity contribution in [3.8, 4) is 0 Å². The molecule has 0 bridgehead atoms. The number of rotatable bonds is 3. The van der Waals surface area contributed by atoms with Crippen LogP contribution in [0.5, 0.6) is 0 Å². The van der Waals surface area contributed by atoms with Crippen molar-refractivity contribution in [2.45, 2.75) is 57.0 Å². The smallest absolute Gasteiger partial charge is 0.325 e. The molecular weight excluding hydrogens is 258 g/mol. The molecular formula is C14H21N3O3. The lowest BCUT2D eigenvalue weighted by atomic mass is 9.77. The van der Waals surface area contributed by atoms with Crippen LogP contribution in [0.4, 0.5) is 4.79 Å². The number of amides is 4. The predicted octanol–water partition coefficient (Wildman–Crippen LogP) is 0.766. The minimum atomic E-state index is -0.747. The van der Waals surface area contributed by atoms with Crippen molar-refractivity contribution >= 4 is 17.8 Å². The fraction of sp³-hybridized carbons (Fsp3) is 0.786. The molecule has 1 aliphatic heterocycles. The SMILES string of the molecule is CC1CCC2(CC1)NC(=O)N(CC(=O)NC1CC1)C2=O. The van der Waals surface area contributed by atoms with E-state index < -0.39 is 11.6 Å². The van der Waals surface area contributed by atoms with Gasteiger partial charge in [-0.05, 0) is 44.4 Å². The van der Waals surface area contributed by atoms with Crippen LogP contribution < -0.4 is 10.6 Å². The molecule has 0 aromatic carbocycles. The van der Waals surface area contributed by atoms with E-state index in [-0.39, 0.29) is 24.4 Å². The molecule has 4 amide bonds. The molecule has 0 aromatic heterocycles. The van der Waals surface area contributed by atoms with E-state index >= 15 is 0 Å². The number of carbonyl (C=O) groups excluding carboxylic acids is 3. The monoisotopic (exact) mass is 279 g/mol. The number of carbonyl (C=O) groups is 3. The van der Waals surface area contributed by atoms with E-state index in [9.17, 15) is 14.4 Å². The van der Waals surface area contributed by atoms with Crippen LogP contribution in [0.25, 0.3) is 0 Å². The Morgan fingerprint density at radius 1 is 1.30 bits per heavy atom. The Hall–Kier alpha value is -1.59. The highest BCUT2D eigenvalue weighted by atomic mass is 16.2. The average molecular weight is 279 g/mol. The lowest BCUT2D eigenvalue weighted by molar-refractivity contribution is -0.136. The summed E-state index contributed by atoms with van der Waals surface area (Å²) in [6.07, 6.45) is 5.22. The van der Waals surface area contributed by atoms with Crippen LogP contribution in [0.3, 0.4) is 0 Å². The molecule has 2 N–H and O–H groups in total. The molecule has 6 nitrogen and oxygen atoms in total. The molecule has 1 saturated heterocycles. The molecule has 0 radical (unpaired) electrons. The van der Waals surface area contributed by atoms with Gasteiger partial charge in [-0.25, -0.2) is 4.79 Å². The average Bonchev–Trinajstić information content (AvgIpc) is 3.18. The molecule has 110 valence electrons. The quantitative estimate of drug-likeness (QED) is 0.749. The molecule has 1 spiro atoms. The highest BCUT2D eigenvalue weighted by Crippen LogP contribution is 2.36. The van der Waals surface area contributed by atoms with Crippen molar-refractivity contribution in [2.24, 2.45) is 5.92 Å². The van der Waals surface area contributed by atoms with E-state index in [1.165, 1.54) is 0 Å². The first kappa shape index (κ1) is 13.4. The van der Waals surface area contributed by atoms with Gasteiger partial charge < -0.3 is 10.6 Å². The van der Waals surface area contributed by atoms with Gasteiger partial charge in [0.15, 0.2) is 0 Å². The zero-order chi connectivity index (χ0) is 14.3. The van der Waals surface area contributed by atoms with Crippen LogP contribution in [0.1, 0.15) is 45.4 Å². The normalized spacial score (nSPS) is 33.5. The Kier molecular flexibility index (Phi) is 3.18. The summed E-state index contributed by atoms with van der Waals surface area (Å²) < 4.78 is 0. The lowest BCUT2D eigenvalue weighted by Crippen LogP contribution is -2.50. The van der Waals surface area contributed by atoms with Crippen molar-refractivity contribution < 1.29 is 14.4 Å². The second-order valence-corrected chi connectivity index (χ2v) is 6.43. The van der Waals surface area contributed by atoms with Gasteiger partial charge in [-0.3, -0.25) is 14.5 Å². The van der Waals surface area contributed by atoms with Gasteiger partial charge >= 0.3 is 6.03 Å². The predicted molar refractivity (Wildman–Crippen MR) is 71.8 cm³/mol. The summed E-state index contributed by atoms with van der Waals surface area (Å²) in [6, 6.07) is -0.178. The fourth-order valence-corrected chi connectivity index (χ4v) is 3.06. The minimum absolute atomic E-state index is 0.154. The van der Waals surface area contributed by atoms with Gasteiger partial charge in [0.05, 0.1) is 0 Å². The first-order valence-electron chi connectivity index (χ1n) is 7.44. The first-order valence-corrected chi connectivity index (χ1v) is 7.44.